The van der Waals surface area contributed by atoms with Gasteiger partial charge in [-0.05, 0) is 91.4 Å². The molecule has 1 aliphatic heterocycles. The Morgan fingerprint density at radius 3 is 2.18 bits per heavy atom. The van der Waals surface area contributed by atoms with Crippen LogP contribution in [0.15, 0.2) is 72.8 Å². The number of unbranched alkanes of at least 4 members (excludes halogenated alkanes) is 2. The number of halogens is 4. The zero-order valence-electron chi connectivity index (χ0n) is 28.0. The number of alkyl halides is 3. The van der Waals surface area contributed by atoms with E-state index in [1.54, 1.807) is 17.0 Å². The number of hydrogen-bond acceptors (Lipinski definition) is 6. The highest BCUT2D eigenvalue weighted by atomic mass is 19.4. The van der Waals surface area contributed by atoms with Crippen LogP contribution in [0.25, 0.3) is 11.1 Å². The van der Waals surface area contributed by atoms with Crippen molar-refractivity contribution >= 4 is 23.8 Å². The number of carbonyl (C=O) groups is 4. The molecular formula is C37H43F4N3O6. The summed E-state index contributed by atoms with van der Waals surface area (Å²) < 4.78 is 50.2. The number of aliphatic carboxylic acids is 1. The molecule has 0 spiro atoms. The third-order valence-electron chi connectivity index (χ3n) is 8.05. The molecule has 0 radical (unpaired) electrons. The number of benzene rings is 3. The van der Waals surface area contributed by atoms with Crippen LogP contribution in [-0.2, 0) is 32.1 Å². The predicted molar refractivity (Wildman–Crippen MR) is 180 cm³/mol. The molecule has 50 heavy (non-hydrogen) atoms. The van der Waals surface area contributed by atoms with Gasteiger partial charge in [0.05, 0.1) is 13.5 Å². The lowest BCUT2D eigenvalue weighted by Crippen LogP contribution is -2.33. The van der Waals surface area contributed by atoms with Crippen LogP contribution >= 0.6 is 0 Å². The van der Waals surface area contributed by atoms with Gasteiger partial charge in [-0.1, -0.05) is 48.9 Å². The van der Waals surface area contributed by atoms with E-state index in [4.69, 9.17) is 14.6 Å². The fraction of sp³-hybridized carbons (Fsp3) is 0.405. The number of methoxy groups -OCH3 is 1. The van der Waals surface area contributed by atoms with Crippen molar-refractivity contribution in [1.82, 2.24) is 15.1 Å². The molecular weight excluding hydrogens is 658 g/mol. The molecule has 3 aromatic rings. The summed E-state index contributed by atoms with van der Waals surface area (Å²) in [5, 5.41) is 10.2. The first-order valence-corrected chi connectivity index (χ1v) is 16.4. The van der Waals surface area contributed by atoms with Gasteiger partial charge in [-0.2, -0.15) is 13.2 Å². The zero-order valence-corrected chi connectivity index (χ0v) is 28.0. The van der Waals surface area contributed by atoms with Gasteiger partial charge in [-0.3, -0.25) is 14.4 Å². The van der Waals surface area contributed by atoms with E-state index in [1.165, 1.54) is 32.1 Å². The number of carbonyl (C=O) groups excluding carboxylic acids is 3. The van der Waals surface area contributed by atoms with Gasteiger partial charge in [-0.15, -0.1) is 0 Å². The molecule has 1 aliphatic rings. The number of nitrogens with zero attached hydrogens (tertiary/aromatic N) is 2. The molecule has 0 atom stereocenters. The lowest BCUT2D eigenvalue weighted by atomic mass is 10.0. The molecule has 0 saturated carbocycles. The first-order chi connectivity index (χ1) is 23.8. The molecule has 0 unspecified atom stereocenters. The second kappa shape index (κ2) is 20.0. The Hall–Kier alpha value is -4.78. The Balaban J connectivity index is 0.000000872. The lowest BCUT2D eigenvalue weighted by molar-refractivity contribution is -0.192. The van der Waals surface area contributed by atoms with E-state index in [1.807, 2.05) is 48.5 Å². The molecule has 3 aromatic carbocycles. The Bertz CT molecular complexity index is 1580. The summed E-state index contributed by atoms with van der Waals surface area (Å²) in [5.41, 5.74) is 4.09. The average Bonchev–Trinajstić information content (AvgIpc) is 3.61. The quantitative estimate of drug-likeness (QED) is 0.109. The van der Waals surface area contributed by atoms with Crippen LogP contribution in [0, 0.1) is 5.82 Å². The van der Waals surface area contributed by atoms with Crippen molar-refractivity contribution in [3.05, 3.63) is 95.3 Å². The summed E-state index contributed by atoms with van der Waals surface area (Å²) in [5.74, 6) is -3.53. The second-order valence-electron chi connectivity index (χ2n) is 11.9. The van der Waals surface area contributed by atoms with E-state index >= 15 is 0 Å². The highest BCUT2D eigenvalue weighted by molar-refractivity contribution is 5.95. The molecule has 1 saturated heterocycles. The fourth-order valence-electron chi connectivity index (χ4n) is 5.42. The van der Waals surface area contributed by atoms with Crippen LogP contribution in [-0.4, -0.2) is 84.7 Å². The third-order valence-corrected chi connectivity index (χ3v) is 8.05. The van der Waals surface area contributed by atoms with Crippen LogP contribution in [0.5, 0.6) is 0 Å². The minimum atomic E-state index is -5.08. The summed E-state index contributed by atoms with van der Waals surface area (Å²) in [6, 6.07) is 21.7. The largest absolute Gasteiger partial charge is 0.490 e. The van der Waals surface area contributed by atoms with Crippen molar-refractivity contribution in [2.45, 2.75) is 57.7 Å². The van der Waals surface area contributed by atoms with Crippen LogP contribution in [0.3, 0.4) is 0 Å². The van der Waals surface area contributed by atoms with E-state index in [-0.39, 0.29) is 30.0 Å². The predicted octanol–water partition coefficient (Wildman–Crippen LogP) is 6.26. The molecule has 1 heterocycles. The van der Waals surface area contributed by atoms with Gasteiger partial charge >= 0.3 is 18.1 Å². The van der Waals surface area contributed by atoms with Crippen molar-refractivity contribution in [3.8, 4) is 11.1 Å². The SMILES string of the molecule is COC(=O)CCCCCN(Cc1cccc(-c2cccc(C(=O)NCCN3CCCC3)c2)c1)C(=O)Cc1cccc(F)c1.O=C(O)C(F)(F)F. The first kappa shape index (κ1) is 39.7. The number of amides is 2. The standard InChI is InChI=1S/C35H42FN3O4.C2HF3O2/c1-43-34(41)16-3-2-4-20-39(33(40)24-27-10-8-15-32(36)23-27)26-28-11-7-12-29(22-28)30-13-9-14-31(25-30)35(42)37-17-21-38-18-5-6-19-38;3-2(4,5)1(6)7/h7-15,22-23,25H,2-6,16-21,24,26H2,1H3,(H,37,42);(H,6,7). The Morgan fingerprint density at radius 1 is 0.880 bits per heavy atom. The first-order valence-electron chi connectivity index (χ1n) is 16.4. The normalized spacial score (nSPS) is 12.8. The van der Waals surface area contributed by atoms with E-state index in [0.717, 1.165) is 49.2 Å². The number of nitrogens with one attached hydrogen (secondary N) is 1. The highest BCUT2D eigenvalue weighted by Gasteiger charge is 2.38. The number of carboxylic acid groups (broad SMARTS) is 1. The van der Waals surface area contributed by atoms with Crippen molar-refractivity contribution in [2.75, 3.05) is 39.8 Å². The Kier molecular flexibility index (Phi) is 15.9. The second-order valence-corrected chi connectivity index (χ2v) is 11.9. The molecule has 270 valence electrons. The van der Waals surface area contributed by atoms with Crippen LogP contribution in [0.4, 0.5) is 17.6 Å². The van der Waals surface area contributed by atoms with E-state index in [2.05, 4.69) is 10.2 Å². The van der Waals surface area contributed by atoms with E-state index in [0.29, 0.717) is 43.6 Å². The van der Waals surface area contributed by atoms with Crippen LogP contribution in [0.2, 0.25) is 0 Å². The van der Waals surface area contributed by atoms with Crippen molar-refractivity contribution in [1.29, 1.82) is 0 Å². The maximum atomic E-state index is 13.8. The Labute approximate surface area is 289 Å². The lowest BCUT2D eigenvalue weighted by Gasteiger charge is -2.23. The molecule has 0 aromatic heterocycles. The maximum absolute atomic E-state index is 13.8. The minimum Gasteiger partial charge on any atom is -0.475 e. The number of esters is 1. The van der Waals surface area contributed by atoms with Crippen molar-refractivity contribution < 1.29 is 46.6 Å². The van der Waals surface area contributed by atoms with Gasteiger partial charge in [0, 0.05) is 38.2 Å². The topological polar surface area (TPSA) is 116 Å². The molecule has 0 bridgehead atoms. The van der Waals surface area contributed by atoms with Gasteiger partial charge in [-0.25, -0.2) is 9.18 Å². The fourth-order valence-corrected chi connectivity index (χ4v) is 5.42. The van der Waals surface area contributed by atoms with Gasteiger partial charge in [0.2, 0.25) is 5.91 Å². The molecule has 2 amide bonds. The minimum absolute atomic E-state index is 0.0847. The van der Waals surface area contributed by atoms with Crippen LogP contribution in [0.1, 0.15) is 60.0 Å². The number of rotatable bonds is 15. The number of ether oxygens (including phenoxy) is 1. The van der Waals surface area contributed by atoms with Crippen molar-refractivity contribution in [3.63, 3.8) is 0 Å². The van der Waals surface area contributed by atoms with E-state index in [9.17, 15) is 31.9 Å². The third kappa shape index (κ3) is 14.0. The summed E-state index contributed by atoms with van der Waals surface area (Å²) in [7, 11) is 1.38. The number of likely N-dealkylation sites (tertiary alicyclic amines) is 1. The molecule has 9 nitrogen and oxygen atoms in total. The summed E-state index contributed by atoms with van der Waals surface area (Å²) >= 11 is 0. The number of carboxylic acids is 1. The van der Waals surface area contributed by atoms with Crippen LogP contribution < -0.4 is 5.32 Å². The maximum Gasteiger partial charge on any atom is 0.490 e. The number of hydrogen-bond donors (Lipinski definition) is 2. The van der Waals surface area contributed by atoms with Crippen molar-refractivity contribution in [2.24, 2.45) is 0 Å². The molecule has 4 rings (SSSR count). The van der Waals surface area contributed by atoms with Gasteiger partial charge in [0.25, 0.3) is 5.91 Å². The van der Waals surface area contributed by atoms with E-state index < -0.39 is 12.1 Å². The summed E-state index contributed by atoms with van der Waals surface area (Å²) in [6.07, 6.45) is 0.0401. The molecule has 2 N–H and O–H groups in total. The smallest absolute Gasteiger partial charge is 0.475 e. The Morgan fingerprint density at radius 2 is 1.52 bits per heavy atom. The average molecular weight is 702 g/mol. The zero-order chi connectivity index (χ0) is 36.5. The van der Waals surface area contributed by atoms with Gasteiger partial charge in [0.15, 0.2) is 0 Å². The summed E-state index contributed by atoms with van der Waals surface area (Å²) in [6.45, 7) is 4.62. The molecule has 1 fully saturated rings. The monoisotopic (exact) mass is 701 g/mol. The molecule has 0 aliphatic carbocycles. The van der Waals surface area contributed by atoms with Gasteiger partial charge < -0.3 is 25.0 Å². The summed E-state index contributed by atoms with van der Waals surface area (Å²) in [4.78, 5) is 50.7. The van der Waals surface area contributed by atoms with Gasteiger partial charge in [0.1, 0.15) is 5.82 Å². The molecule has 13 heteroatoms. The highest BCUT2D eigenvalue weighted by Crippen LogP contribution is 2.23.